The van der Waals surface area contributed by atoms with E-state index < -0.39 is 0 Å². The standard InChI is InChI=1S/C12H15N3O2/c1-8-12(17)10(7-16)9(6-15-8)2-3-11-13-4-5-14-11/h2-3,6,16-17H,4-5,7H2,1H3,(H,13,14). The number of aromatic nitrogens is 1. The van der Waals surface area contributed by atoms with Crippen LogP contribution >= 0.6 is 0 Å². The maximum absolute atomic E-state index is 9.77. The van der Waals surface area contributed by atoms with E-state index in [0.717, 1.165) is 18.9 Å². The highest BCUT2D eigenvalue weighted by Gasteiger charge is 2.09. The lowest BCUT2D eigenvalue weighted by Gasteiger charge is -2.07. The topological polar surface area (TPSA) is 77.7 Å². The van der Waals surface area contributed by atoms with E-state index >= 15 is 0 Å². The molecule has 0 saturated heterocycles. The van der Waals surface area contributed by atoms with E-state index in [4.69, 9.17) is 0 Å². The van der Waals surface area contributed by atoms with Gasteiger partial charge in [-0.3, -0.25) is 9.98 Å². The third-order valence-electron chi connectivity index (χ3n) is 2.65. The Kier molecular flexibility index (Phi) is 3.39. The van der Waals surface area contributed by atoms with Gasteiger partial charge >= 0.3 is 0 Å². The number of aromatic hydroxyl groups is 1. The van der Waals surface area contributed by atoms with Crippen LogP contribution in [-0.2, 0) is 6.61 Å². The van der Waals surface area contributed by atoms with Gasteiger partial charge in [-0.25, -0.2) is 0 Å². The van der Waals surface area contributed by atoms with E-state index in [0.29, 0.717) is 16.8 Å². The van der Waals surface area contributed by atoms with Crippen LogP contribution in [0.15, 0.2) is 17.3 Å². The number of aliphatic hydroxyl groups excluding tert-OH is 1. The average Bonchev–Trinajstić information content (AvgIpc) is 2.83. The number of hydrogen-bond acceptors (Lipinski definition) is 5. The summed E-state index contributed by atoms with van der Waals surface area (Å²) in [5.41, 5.74) is 1.71. The zero-order valence-corrected chi connectivity index (χ0v) is 9.64. The minimum Gasteiger partial charge on any atom is -0.506 e. The van der Waals surface area contributed by atoms with Crippen LogP contribution in [0.4, 0.5) is 0 Å². The number of aryl methyl sites for hydroxylation is 1. The van der Waals surface area contributed by atoms with Crippen molar-refractivity contribution in [3.05, 3.63) is 29.1 Å². The number of rotatable bonds is 3. The van der Waals surface area contributed by atoms with Gasteiger partial charge < -0.3 is 15.5 Å². The van der Waals surface area contributed by atoms with Crippen molar-refractivity contribution < 1.29 is 10.2 Å². The van der Waals surface area contributed by atoms with Gasteiger partial charge in [0, 0.05) is 23.9 Å². The van der Waals surface area contributed by atoms with Crippen molar-refractivity contribution in [1.29, 1.82) is 0 Å². The summed E-state index contributed by atoms with van der Waals surface area (Å²) in [6.45, 7) is 3.12. The van der Waals surface area contributed by atoms with Crippen molar-refractivity contribution in [2.45, 2.75) is 13.5 Å². The highest BCUT2D eigenvalue weighted by Crippen LogP contribution is 2.24. The van der Waals surface area contributed by atoms with Crippen LogP contribution in [0.5, 0.6) is 5.75 Å². The lowest BCUT2D eigenvalue weighted by atomic mass is 10.1. The van der Waals surface area contributed by atoms with Gasteiger partial charge in [-0.15, -0.1) is 0 Å². The van der Waals surface area contributed by atoms with Crippen LogP contribution in [0, 0.1) is 6.92 Å². The molecule has 0 fully saturated rings. The molecule has 0 radical (unpaired) electrons. The second-order valence-electron chi connectivity index (χ2n) is 3.81. The van der Waals surface area contributed by atoms with E-state index in [9.17, 15) is 10.2 Å². The van der Waals surface area contributed by atoms with Crippen LogP contribution in [0.25, 0.3) is 6.08 Å². The Morgan fingerprint density at radius 2 is 2.29 bits per heavy atom. The van der Waals surface area contributed by atoms with Gasteiger partial charge in [0.1, 0.15) is 11.6 Å². The smallest absolute Gasteiger partial charge is 0.142 e. The molecule has 0 aliphatic carbocycles. The lowest BCUT2D eigenvalue weighted by molar-refractivity contribution is 0.274. The van der Waals surface area contributed by atoms with Crippen molar-refractivity contribution >= 4 is 11.9 Å². The molecule has 90 valence electrons. The monoisotopic (exact) mass is 233 g/mol. The molecule has 0 amide bonds. The van der Waals surface area contributed by atoms with Crippen LogP contribution in [-0.4, -0.2) is 34.1 Å². The summed E-state index contributed by atoms with van der Waals surface area (Å²) < 4.78 is 0. The number of nitrogens with zero attached hydrogens (tertiary/aromatic N) is 2. The predicted octanol–water partition coefficient (Wildman–Crippen LogP) is 0.603. The number of nitrogens with one attached hydrogen (secondary N) is 1. The molecule has 17 heavy (non-hydrogen) atoms. The molecule has 0 atom stereocenters. The third-order valence-corrected chi connectivity index (χ3v) is 2.65. The largest absolute Gasteiger partial charge is 0.506 e. The summed E-state index contributed by atoms with van der Waals surface area (Å²) in [5.74, 6) is 0.866. The van der Waals surface area contributed by atoms with Crippen LogP contribution in [0.3, 0.4) is 0 Å². The van der Waals surface area contributed by atoms with Gasteiger partial charge in [-0.05, 0) is 19.1 Å². The normalized spacial score (nSPS) is 15.1. The molecule has 0 bridgehead atoms. The zero-order chi connectivity index (χ0) is 12.3. The number of amidine groups is 1. The fraction of sp³-hybridized carbons (Fsp3) is 0.333. The predicted molar refractivity (Wildman–Crippen MR) is 65.9 cm³/mol. The van der Waals surface area contributed by atoms with E-state index in [1.165, 1.54) is 0 Å². The quantitative estimate of drug-likeness (QED) is 0.714. The molecule has 1 aromatic heterocycles. The highest BCUT2D eigenvalue weighted by molar-refractivity contribution is 5.97. The maximum Gasteiger partial charge on any atom is 0.142 e. The van der Waals surface area contributed by atoms with Crippen molar-refractivity contribution in [2.24, 2.45) is 4.99 Å². The highest BCUT2D eigenvalue weighted by atomic mass is 16.3. The molecule has 2 rings (SSSR count). The first-order valence-corrected chi connectivity index (χ1v) is 5.47. The molecule has 2 heterocycles. The van der Waals surface area contributed by atoms with Crippen molar-refractivity contribution in [2.75, 3.05) is 13.1 Å². The van der Waals surface area contributed by atoms with E-state index in [-0.39, 0.29) is 12.4 Å². The number of pyridine rings is 1. The number of hydrogen-bond donors (Lipinski definition) is 3. The maximum atomic E-state index is 9.77. The number of aliphatic hydroxyl groups is 1. The third kappa shape index (κ3) is 2.45. The molecule has 5 heteroatoms. The molecule has 0 saturated carbocycles. The summed E-state index contributed by atoms with van der Waals surface area (Å²) in [6.07, 6.45) is 5.24. The summed E-state index contributed by atoms with van der Waals surface area (Å²) in [7, 11) is 0. The molecular weight excluding hydrogens is 218 g/mol. The van der Waals surface area contributed by atoms with Gasteiger partial charge in [-0.1, -0.05) is 0 Å². The van der Waals surface area contributed by atoms with E-state index in [1.54, 1.807) is 19.2 Å². The molecule has 0 aromatic carbocycles. The summed E-state index contributed by atoms with van der Waals surface area (Å²) >= 11 is 0. The Bertz CT molecular complexity index is 481. The van der Waals surface area contributed by atoms with Gasteiger partial charge in [0.2, 0.25) is 0 Å². The zero-order valence-electron chi connectivity index (χ0n) is 9.64. The van der Waals surface area contributed by atoms with Crippen molar-refractivity contribution in [1.82, 2.24) is 10.3 Å². The summed E-state index contributed by atoms with van der Waals surface area (Å²) in [5, 5.41) is 22.1. The molecular formula is C12H15N3O2. The molecule has 0 unspecified atom stereocenters. The van der Waals surface area contributed by atoms with Crippen LogP contribution in [0.1, 0.15) is 16.8 Å². The first-order chi connectivity index (χ1) is 8.22. The fourth-order valence-electron chi connectivity index (χ4n) is 1.67. The second-order valence-corrected chi connectivity index (χ2v) is 3.81. The van der Waals surface area contributed by atoms with Gasteiger partial charge in [-0.2, -0.15) is 0 Å². The summed E-state index contributed by atoms with van der Waals surface area (Å²) in [4.78, 5) is 8.28. The first-order valence-electron chi connectivity index (χ1n) is 5.47. The Balaban J connectivity index is 2.29. The van der Waals surface area contributed by atoms with Gasteiger partial charge in [0.15, 0.2) is 0 Å². The molecule has 0 spiro atoms. The van der Waals surface area contributed by atoms with Crippen molar-refractivity contribution in [3.63, 3.8) is 0 Å². The van der Waals surface area contributed by atoms with Crippen LogP contribution < -0.4 is 5.32 Å². The lowest BCUT2D eigenvalue weighted by Crippen LogP contribution is -2.15. The Labute approximate surface area is 99.5 Å². The van der Waals surface area contributed by atoms with Gasteiger partial charge in [0.25, 0.3) is 0 Å². The molecule has 1 aromatic rings. The molecule has 3 N–H and O–H groups in total. The second kappa shape index (κ2) is 4.97. The SMILES string of the molecule is Cc1ncc(C=CC2=NCCN2)c(CO)c1O. The average molecular weight is 233 g/mol. The van der Waals surface area contributed by atoms with Gasteiger partial charge in [0.05, 0.1) is 18.8 Å². The minimum absolute atomic E-state index is 0.0518. The Hall–Kier alpha value is -1.88. The summed E-state index contributed by atoms with van der Waals surface area (Å²) in [6, 6.07) is 0. The van der Waals surface area contributed by atoms with E-state index in [1.807, 2.05) is 6.08 Å². The molecule has 1 aliphatic rings. The van der Waals surface area contributed by atoms with Crippen LogP contribution in [0.2, 0.25) is 0 Å². The molecule has 1 aliphatic heterocycles. The minimum atomic E-state index is -0.214. The van der Waals surface area contributed by atoms with Crippen molar-refractivity contribution in [3.8, 4) is 5.75 Å². The first kappa shape index (κ1) is 11.6. The Morgan fingerprint density at radius 3 is 2.94 bits per heavy atom. The fourth-order valence-corrected chi connectivity index (χ4v) is 1.67. The Morgan fingerprint density at radius 1 is 1.47 bits per heavy atom. The number of aliphatic imine (C=N–C) groups is 1. The van der Waals surface area contributed by atoms with E-state index in [2.05, 4.69) is 15.3 Å². The molecule has 5 nitrogen and oxygen atoms in total.